The largest absolute Gasteiger partial charge is 0.445 e. The summed E-state index contributed by atoms with van der Waals surface area (Å²) >= 11 is 6.39. The molecule has 5 rings (SSSR count). The van der Waals surface area contributed by atoms with Gasteiger partial charge in [-0.3, -0.25) is 14.4 Å². The third-order valence-corrected chi connectivity index (χ3v) is 6.11. The molecule has 3 aromatic rings. The molecule has 0 fully saturated rings. The number of carbonyl (C=O) groups excluding carboxylic acids is 4. The van der Waals surface area contributed by atoms with Gasteiger partial charge in [0.15, 0.2) is 5.60 Å². The lowest BCUT2D eigenvalue weighted by Gasteiger charge is -2.33. The zero-order valence-corrected chi connectivity index (χ0v) is 18.2. The number of benzene rings is 3. The number of nitrogens with one attached hydrogen (secondary N) is 1. The average molecular weight is 461 g/mol. The molecule has 2 aliphatic heterocycles. The number of anilines is 2. The van der Waals surface area contributed by atoms with Crippen molar-refractivity contribution in [2.75, 3.05) is 10.2 Å². The van der Waals surface area contributed by atoms with E-state index in [1.165, 1.54) is 18.2 Å². The summed E-state index contributed by atoms with van der Waals surface area (Å²) in [7, 11) is 0. The number of fused-ring (bicyclic) bond motifs is 2. The first-order valence-corrected chi connectivity index (χ1v) is 10.6. The van der Waals surface area contributed by atoms with Gasteiger partial charge in [-0.1, -0.05) is 41.9 Å². The Morgan fingerprint density at radius 2 is 1.55 bits per heavy atom. The topological polar surface area (TPSA) is 92.8 Å². The maximum atomic E-state index is 13.0. The average Bonchev–Trinajstić information content (AvgIpc) is 3.04. The fourth-order valence-electron chi connectivity index (χ4n) is 4.10. The maximum Gasteiger partial charge on any atom is 0.339 e. The number of ether oxygens (including phenoxy) is 1. The molecule has 0 aromatic heterocycles. The molecule has 3 amide bonds. The van der Waals surface area contributed by atoms with E-state index < -0.39 is 29.3 Å². The van der Waals surface area contributed by atoms with Gasteiger partial charge in [0.05, 0.1) is 27.4 Å². The molecule has 2 heterocycles. The first-order valence-electron chi connectivity index (χ1n) is 10.2. The minimum atomic E-state index is -1.40. The summed E-state index contributed by atoms with van der Waals surface area (Å²) in [5, 5.41) is 2.82. The second-order valence-corrected chi connectivity index (χ2v) is 8.47. The number of amides is 3. The molecule has 1 N–H and O–H groups in total. The van der Waals surface area contributed by atoms with Crippen LogP contribution in [0.2, 0.25) is 5.02 Å². The van der Waals surface area contributed by atoms with E-state index in [0.29, 0.717) is 22.4 Å². The molecule has 1 atom stereocenters. The third kappa shape index (κ3) is 3.37. The van der Waals surface area contributed by atoms with E-state index in [1.807, 2.05) is 0 Å². The molecule has 0 saturated carbocycles. The molecule has 164 valence electrons. The van der Waals surface area contributed by atoms with Gasteiger partial charge in [0.2, 0.25) is 0 Å². The van der Waals surface area contributed by atoms with E-state index in [0.717, 1.165) is 10.5 Å². The van der Waals surface area contributed by atoms with Crippen molar-refractivity contribution in [3.63, 3.8) is 0 Å². The van der Waals surface area contributed by atoms with Gasteiger partial charge in [-0.15, -0.1) is 0 Å². The zero-order valence-electron chi connectivity index (χ0n) is 17.4. The van der Waals surface area contributed by atoms with Gasteiger partial charge < -0.3 is 10.1 Å². The Kier molecular flexibility index (Phi) is 4.79. The van der Waals surface area contributed by atoms with Crippen molar-refractivity contribution in [3.05, 3.63) is 94.0 Å². The third-order valence-electron chi connectivity index (χ3n) is 5.80. The summed E-state index contributed by atoms with van der Waals surface area (Å²) in [5.41, 5.74) is 0.929. The van der Waals surface area contributed by atoms with Crippen molar-refractivity contribution in [1.29, 1.82) is 0 Å². The van der Waals surface area contributed by atoms with E-state index >= 15 is 0 Å². The Labute approximate surface area is 193 Å². The molecule has 3 aromatic carbocycles. The molecule has 0 aliphatic carbocycles. The normalized spacial score (nSPS) is 19.1. The van der Waals surface area contributed by atoms with Crippen LogP contribution in [0.1, 0.15) is 43.6 Å². The first-order chi connectivity index (χ1) is 15.8. The predicted molar refractivity (Wildman–Crippen MR) is 122 cm³/mol. The monoisotopic (exact) mass is 460 g/mol. The van der Waals surface area contributed by atoms with Crippen LogP contribution in [0, 0.1) is 0 Å². The van der Waals surface area contributed by atoms with Crippen LogP contribution in [0.15, 0.2) is 66.7 Å². The molecule has 1 unspecified atom stereocenters. The molecule has 0 radical (unpaired) electrons. The number of imide groups is 1. The molecular weight excluding hydrogens is 444 g/mol. The Bertz CT molecular complexity index is 1330. The lowest BCUT2D eigenvalue weighted by Crippen LogP contribution is -2.48. The molecule has 0 saturated heterocycles. The predicted octanol–water partition coefficient (Wildman–Crippen LogP) is 4.25. The van der Waals surface area contributed by atoms with Gasteiger partial charge in [-0.2, -0.15) is 0 Å². The van der Waals surface area contributed by atoms with Gasteiger partial charge >= 0.3 is 5.97 Å². The summed E-state index contributed by atoms with van der Waals surface area (Å²) in [6.45, 7) is 1.55. The SMILES string of the molecule is CC1(C(=O)Nc2ccc(N3C(=O)c4ccccc4C3=O)c(Cl)c2)Cc2ccccc2C(=O)O1. The quantitative estimate of drug-likeness (QED) is 0.466. The first kappa shape index (κ1) is 20.9. The van der Waals surface area contributed by atoms with Crippen LogP contribution < -0.4 is 10.2 Å². The molecular formula is C25H17ClN2O5. The summed E-state index contributed by atoms with van der Waals surface area (Å²) < 4.78 is 5.45. The summed E-state index contributed by atoms with van der Waals surface area (Å²) in [6, 6.07) is 18.0. The number of nitrogens with zero attached hydrogens (tertiary/aromatic N) is 1. The van der Waals surface area contributed by atoms with Gasteiger partial charge in [-0.25, -0.2) is 9.69 Å². The molecule has 0 spiro atoms. The van der Waals surface area contributed by atoms with Gasteiger partial charge in [-0.05, 0) is 48.9 Å². The van der Waals surface area contributed by atoms with E-state index in [4.69, 9.17) is 16.3 Å². The lowest BCUT2D eigenvalue weighted by molar-refractivity contribution is -0.134. The highest BCUT2D eigenvalue weighted by atomic mass is 35.5. The highest BCUT2D eigenvalue weighted by molar-refractivity contribution is 6.40. The fourth-order valence-corrected chi connectivity index (χ4v) is 4.36. The van der Waals surface area contributed by atoms with Crippen LogP contribution in [0.25, 0.3) is 0 Å². The van der Waals surface area contributed by atoms with Crippen LogP contribution in [0.5, 0.6) is 0 Å². The number of esters is 1. The van der Waals surface area contributed by atoms with Crippen LogP contribution >= 0.6 is 11.6 Å². The Balaban J connectivity index is 1.38. The van der Waals surface area contributed by atoms with Crippen LogP contribution in [-0.2, 0) is 16.0 Å². The number of cyclic esters (lactones) is 1. The fraction of sp³-hybridized carbons (Fsp3) is 0.120. The molecule has 33 heavy (non-hydrogen) atoms. The zero-order chi connectivity index (χ0) is 23.3. The summed E-state index contributed by atoms with van der Waals surface area (Å²) in [6.07, 6.45) is 0.224. The van der Waals surface area contributed by atoms with E-state index in [9.17, 15) is 19.2 Å². The highest BCUT2D eigenvalue weighted by Crippen LogP contribution is 2.35. The van der Waals surface area contributed by atoms with Crippen LogP contribution in [0.4, 0.5) is 11.4 Å². The molecule has 0 bridgehead atoms. The van der Waals surface area contributed by atoms with Gasteiger partial charge in [0.1, 0.15) is 0 Å². The van der Waals surface area contributed by atoms with Crippen molar-refractivity contribution >= 4 is 46.7 Å². The Morgan fingerprint density at radius 1 is 0.939 bits per heavy atom. The smallest absolute Gasteiger partial charge is 0.339 e. The summed E-state index contributed by atoms with van der Waals surface area (Å²) in [5.74, 6) is -2.01. The van der Waals surface area contributed by atoms with Gasteiger partial charge in [0, 0.05) is 12.1 Å². The molecule has 8 heteroatoms. The van der Waals surface area contributed by atoms with Crippen molar-refractivity contribution in [1.82, 2.24) is 0 Å². The number of hydrogen-bond donors (Lipinski definition) is 1. The van der Waals surface area contributed by atoms with Crippen molar-refractivity contribution in [2.45, 2.75) is 18.9 Å². The number of halogens is 1. The van der Waals surface area contributed by atoms with Crippen molar-refractivity contribution in [3.8, 4) is 0 Å². The second kappa shape index (κ2) is 7.56. The minimum Gasteiger partial charge on any atom is -0.445 e. The lowest BCUT2D eigenvalue weighted by atomic mass is 9.89. The van der Waals surface area contributed by atoms with E-state index in [2.05, 4.69) is 5.32 Å². The summed E-state index contributed by atoms with van der Waals surface area (Å²) in [4.78, 5) is 51.8. The number of rotatable bonds is 3. The number of hydrogen-bond acceptors (Lipinski definition) is 5. The van der Waals surface area contributed by atoms with Crippen molar-refractivity contribution in [2.24, 2.45) is 0 Å². The highest BCUT2D eigenvalue weighted by Gasteiger charge is 2.43. The maximum absolute atomic E-state index is 13.0. The molecule has 7 nitrogen and oxygen atoms in total. The number of carbonyl (C=O) groups is 4. The van der Waals surface area contributed by atoms with Crippen LogP contribution in [-0.4, -0.2) is 29.3 Å². The van der Waals surface area contributed by atoms with Gasteiger partial charge in [0.25, 0.3) is 17.7 Å². The van der Waals surface area contributed by atoms with E-state index in [1.54, 1.807) is 55.5 Å². The Hall–Kier alpha value is -3.97. The van der Waals surface area contributed by atoms with Crippen LogP contribution in [0.3, 0.4) is 0 Å². The molecule has 2 aliphatic rings. The standard InChI is InChI=1S/C25H17ClN2O5/c1-25(13-14-6-2-3-7-16(14)23(31)33-25)24(32)27-15-10-11-20(19(26)12-15)28-21(29)17-8-4-5-9-18(17)22(28)30/h2-12H,13H2,1H3,(H,27,32). The van der Waals surface area contributed by atoms with E-state index in [-0.39, 0.29) is 17.1 Å². The minimum absolute atomic E-state index is 0.110. The Morgan fingerprint density at radius 3 is 2.18 bits per heavy atom. The second-order valence-electron chi connectivity index (χ2n) is 8.07. The van der Waals surface area contributed by atoms with Crippen molar-refractivity contribution < 1.29 is 23.9 Å².